The SMILES string of the molecule is Cc1cc(C)c(C)c(S(=O)(=O)N2CCN(C[C@@H]3CCCCO3)CC2)c1C. The van der Waals surface area contributed by atoms with E-state index in [0.717, 1.165) is 61.3 Å². The lowest BCUT2D eigenvalue weighted by atomic mass is 10.0. The molecule has 0 N–H and O–H groups in total. The smallest absolute Gasteiger partial charge is 0.243 e. The van der Waals surface area contributed by atoms with Gasteiger partial charge in [-0.3, -0.25) is 4.90 Å². The molecule has 2 fully saturated rings. The van der Waals surface area contributed by atoms with Gasteiger partial charge in [0.2, 0.25) is 10.0 Å². The molecule has 2 heterocycles. The standard InChI is InChI=1S/C20H32N2O3S/c1-15-13-16(2)18(4)20(17(15)3)26(23,24)22-10-8-21(9-11-22)14-19-7-5-6-12-25-19/h13,19H,5-12,14H2,1-4H3/t19-/m0/s1. The Morgan fingerprint density at radius 1 is 1.00 bits per heavy atom. The summed E-state index contributed by atoms with van der Waals surface area (Å²) in [6.45, 7) is 12.3. The van der Waals surface area contributed by atoms with Crippen LogP contribution >= 0.6 is 0 Å². The molecule has 0 saturated carbocycles. The summed E-state index contributed by atoms with van der Waals surface area (Å²) in [5.41, 5.74) is 3.84. The average molecular weight is 381 g/mol. The highest BCUT2D eigenvalue weighted by atomic mass is 32.2. The summed E-state index contributed by atoms with van der Waals surface area (Å²) in [5, 5.41) is 0. The fourth-order valence-electron chi connectivity index (χ4n) is 4.09. The highest BCUT2D eigenvalue weighted by molar-refractivity contribution is 7.89. The van der Waals surface area contributed by atoms with Gasteiger partial charge in [-0.1, -0.05) is 6.07 Å². The first-order chi connectivity index (χ1) is 12.3. The van der Waals surface area contributed by atoms with Crippen molar-refractivity contribution in [3.8, 4) is 0 Å². The van der Waals surface area contributed by atoms with Gasteiger partial charge in [0.1, 0.15) is 0 Å². The third-order valence-electron chi connectivity index (χ3n) is 5.96. The van der Waals surface area contributed by atoms with Gasteiger partial charge in [0.05, 0.1) is 11.0 Å². The van der Waals surface area contributed by atoms with Crippen LogP contribution in [0.3, 0.4) is 0 Å². The van der Waals surface area contributed by atoms with Gasteiger partial charge in [-0.15, -0.1) is 0 Å². The van der Waals surface area contributed by atoms with Gasteiger partial charge in [0, 0.05) is 39.3 Å². The Balaban J connectivity index is 1.71. The van der Waals surface area contributed by atoms with Crippen LogP contribution in [0.5, 0.6) is 0 Å². The fourth-order valence-corrected chi connectivity index (χ4v) is 6.09. The molecule has 2 saturated heterocycles. The minimum atomic E-state index is -3.45. The van der Waals surface area contributed by atoms with Crippen molar-refractivity contribution in [1.82, 2.24) is 9.21 Å². The van der Waals surface area contributed by atoms with Crippen LogP contribution in [0.1, 0.15) is 41.5 Å². The normalized spacial score (nSPS) is 23.3. The first-order valence-corrected chi connectivity index (χ1v) is 11.2. The van der Waals surface area contributed by atoms with Crippen LogP contribution in [-0.2, 0) is 14.8 Å². The lowest BCUT2D eigenvalue weighted by Gasteiger charge is -2.37. The van der Waals surface area contributed by atoms with E-state index in [1.54, 1.807) is 4.31 Å². The summed E-state index contributed by atoms with van der Waals surface area (Å²) >= 11 is 0. The van der Waals surface area contributed by atoms with Crippen molar-refractivity contribution in [1.29, 1.82) is 0 Å². The fraction of sp³-hybridized carbons (Fsp3) is 0.700. The van der Waals surface area contributed by atoms with Gasteiger partial charge >= 0.3 is 0 Å². The Labute approximate surface area is 158 Å². The predicted molar refractivity (Wildman–Crippen MR) is 104 cm³/mol. The van der Waals surface area contributed by atoms with Crippen LogP contribution in [0.4, 0.5) is 0 Å². The molecular formula is C20H32N2O3S. The third-order valence-corrected chi connectivity index (χ3v) is 8.14. The molecular weight excluding hydrogens is 348 g/mol. The molecule has 1 aromatic rings. The molecule has 2 aliphatic heterocycles. The maximum absolute atomic E-state index is 13.3. The van der Waals surface area contributed by atoms with E-state index >= 15 is 0 Å². The minimum absolute atomic E-state index is 0.316. The number of aryl methyl sites for hydroxylation is 2. The zero-order valence-electron chi connectivity index (χ0n) is 16.5. The van der Waals surface area contributed by atoms with Crippen molar-refractivity contribution in [2.24, 2.45) is 0 Å². The summed E-state index contributed by atoms with van der Waals surface area (Å²) in [4.78, 5) is 2.86. The number of piperazine rings is 1. The molecule has 0 aromatic heterocycles. The number of hydrogen-bond acceptors (Lipinski definition) is 4. The molecule has 0 bridgehead atoms. The Kier molecular flexibility index (Phi) is 6.07. The first kappa shape index (κ1) is 19.8. The number of nitrogens with zero attached hydrogens (tertiary/aromatic N) is 2. The highest BCUT2D eigenvalue weighted by Crippen LogP contribution is 2.29. The number of sulfonamides is 1. The van der Waals surface area contributed by atoms with Crippen molar-refractivity contribution in [2.75, 3.05) is 39.3 Å². The van der Waals surface area contributed by atoms with E-state index in [-0.39, 0.29) is 0 Å². The van der Waals surface area contributed by atoms with E-state index in [9.17, 15) is 8.42 Å². The van der Waals surface area contributed by atoms with E-state index in [4.69, 9.17) is 4.74 Å². The van der Waals surface area contributed by atoms with E-state index in [1.165, 1.54) is 6.42 Å². The van der Waals surface area contributed by atoms with Crippen molar-refractivity contribution >= 4 is 10.0 Å². The summed E-state index contributed by atoms with van der Waals surface area (Å²) < 4.78 is 34.1. The third kappa shape index (κ3) is 3.98. The quantitative estimate of drug-likeness (QED) is 0.806. The van der Waals surface area contributed by atoms with Crippen molar-refractivity contribution in [2.45, 2.75) is 58.0 Å². The maximum Gasteiger partial charge on any atom is 0.243 e. The van der Waals surface area contributed by atoms with Gasteiger partial charge in [-0.05, 0) is 69.2 Å². The van der Waals surface area contributed by atoms with E-state index in [0.29, 0.717) is 24.1 Å². The van der Waals surface area contributed by atoms with Crippen molar-refractivity contribution < 1.29 is 13.2 Å². The van der Waals surface area contributed by atoms with Gasteiger partial charge in [0.15, 0.2) is 0 Å². The number of rotatable bonds is 4. The van der Waals surface area contributed by atoms with Crippen LogP contribution in [0.25, 0.3) is 0 Å². The molecule has 146 valence electrons. The van der Waals surface area contributed by atoms with Gasteiger partial charge < -0.3 is 4.74 Å². The summed E-state index contributed by atoms with van der Waals surface area (Å²) in [5.74, 6) is 0. The van der Waals surface area contributed by atoms with Crippen molar-refractivity contribution in [3.63, 3.8) is 0 Å². The molecule has 1 atom stereocenters. The van der Waals surface area contributed by atoms with E-state index in [1.807, 2.05) is 27.7 Å². The number of benzene rings is 1. The molecule has 26 heavy (non-hydrogen) atoms. The molecule has 0 unspecified atom stereocenters. The Morgan fingerprint density at radius 2 is 1.62 bits per heavy atom. The molecule has 2 aliphatic rings. The lowest BCUT2D eigenvalue weighted by molar-refractivity contribution is -0.0103. The average Bonchev–Trinajstić information content (AvgIpc) is 2.61. The topological polar surface area (TPSA) is 49.9 Å². The van der Waals surface area contributed by atoms with Crippen LogP contribution < -0.4 is 0 Å². The maximum atomic E-state index is 13.3. The Hall–Kier alpha value is -0.950. The van der Waals surface area contributed by atoms with Crippen LogP contribution in [-0.4, -0.2) is 63.1 Å². The van der Waals surface area contributed by atoms with Gasteiger partial charge in [-0.25, -0.2) is 8.42 Å². The summed E-state index contributed by atoms with van der Waals surface area (Å²) in [6.07, 6.45) is 3.84. The number of hydrogen-bond donors (Lipinski definition) is 0. The summed E-state index contributed by atoms with van der Waals surface area (Å²) in [6, 6.07) is 2.08. The molecule has 3 rings (SSSR count). The van der Waals surface area contributed by atoms with E-state index < -0.39 is 10.0 Å². The molecule has 0 amide bonds. The first-order valence-electron chi connectivity index (χ1n) is 9.72. The largest absolute Gasteiger partial charge is 0.377 e. The molecule has 0 spiro atoms. The van der Waals surface area contributed by atoms with Gasteiger partial charge in [0.25, 0.3) is 0 Å². The monoisotopic (exact) mass is 380 g/mol. The number of ether oxygens (including phenoxy) is 1. The second-order valence-electron chi connectivity index (χ2n) is 7.78. The summed E-state index contributed by atoms with van der Waals surface area (Å²) in [7, 11) is -3.45. The predicted octanol–water partition coefficient (Wildman–Crippen LogP) is 2.80. The molecule has 6 heteroatoms. The van der Waals surface area contributed by atoms with Gasteiger partial charge in [-0.2, -0.15) is 4.31 Å². The minimum Gasteiger partial charge on any atom is -0.377 e. The zero-order valence-corrected chi connectivity index (χ0v) is 17.4. The highest BCUT2D eigenvalue weighted by Gasteiger charge is 2.32. The second kappa shape index (κ2) is 7.97. The molecule has 1 aromatic carbocycles. The second-order valence-corrected chi connectivity index (χ2v) is 9.66. The molecule has 0 aliphatic carbocycles. The van der Waals surface area contributed by atoms with Crippen LogP contribution in [0.15, 0.2) is 11.0 Å². The van der Waals surface area contributed by atoms with E-state index in [2.05, 4.69) is 11.0 Å². The van der Waals surface area contributed by atoms with Crippen LogP contribution in [0.2, 0.25) is 0 Å². The Morgan fingerprint density at radius 3 is 2.15 bits per heavy atom. The lowest BCUT2D eigenvalue weighted by Crippen LogP contribution is -2.51. The van der Waals surface area contributed by atoms with Crippen LogP contribution in [0, 0.1) is 27.7 Å². The molecule has 5 nitrogen and oxygen atoms in total. The zero-order chi connectivity index (χ0) is 18.9. The molecule has 0 radical (unpaired) electrons. The van der Waals surface area contributed by atoms with Crippen molar-refractivity contribution in [3.05, 3.63) is 28.3 Å². The Bertz CT molecular complexity index is 721.